The number of carbonyl (C=O) groups excluding carboxylic acids is 2. The van der Waals surface area contributed by atoms with Gasteiger partial charge in [-0.05, 0) is 42.7 Å². The van der Waals surface area contributed by atoms with Gasteiger partial charge in [-0.2, -0.15) is 0 Å². The second kappa shape index (κ2) is 12.8. The van der Waals surface area contributed by atoms with Crippen LogP contribution in [0.15, 0.2) is 59.5 Å². The molecule has 2 aromatic carbocycles. The van der Waals surface area contributed by atoms with Crippen LogP contribution in [0.3, 0.4) is 0 Å². The number of anilines is 1. The SMILES string of the molecule is CCCC/C=C/c1ccc(C(=O)Nc2ccccc2S(=O)(=O)NC(=O)CCCCC)cc1. The summed E-state index contributed by atoms with van der Waals surface area (Å²) < 4.78 is 27.5. The normalized spacial score (nSPS) is 11.4. The van der Waals surface area contributed by atoms with Gasteiger partial charge in [0.05, 0.1) is 5.69 Å². The number of unbranched alkanes of at least 4 members (excludes halogenated alkanes) is 4. The molecular weight excluding hydrogens is 424 g/mol. The van der Waals surface area contributed by atoms with Crippen LogP contribution in [0.4, 0.5) is 5.69 Å². The zero-order valence-electron chi connectivity index (χ0n) is 18.8. The van der Waals surface area contributed by atoms with E-state index in [-0.39, 0.29) is 17.0 Å². The highest BCUT2D eigenvalue weighted by Crippen LogP contribution is 2.22. The van der Waals surface area contributed by atoms with E-state index in [2.05, 4.69) is 23.0 Å². The monoisotopic (exact) mass is 456 g/mol. The fraction of sp³-hybridized carbons (Fsp3) is 0.360. The van der Waals surface area contributed by atoms with Gasteiger partial charge < -0.3 is 5.32 Å². The van der Waals surface area contributed by atoms with Crippen LogP contribution in [0.5, 0.6) is 0 Å². The molecule has 0 unspecified atom stereocenters. The van der Waals surface area contributed by atoms with Crippen LogP contribution in [-0.2, 0) is 14.8 Å². The van der Waals surface area contributed by atoms with E-state index in [0.29, 0.717) is 12.0 Å². The fourth-order valence-electron chi connectivity index (χ4n) is 3.08. The van der Waals surface area contributed by atoms with Gasteiger partial charge in [0.1, 0.15) is 4.90 Å². The summed E-state index contributed by atoms with van der Waals surface area (Å²) >= 11 is 0. The topological polar surface area (TPSA) is 92.3 Å². The Morgan fingerprint density at radius 1 is 0.906 bits per heavy atom. The average molecular weight is 457 g/mol. The molecule has 0 spiro atoms. The van der Waals surface area contributed by atoms with Gasteiger partial charge in [0.25, 0.3) is 15.9 Å². The summed E-state index contributed by atoms with van der Waals surface area (Å²) in [5, 5.41) is 2.65. The van der Waals surface area contributed by atoms with Crippen molar-refractivity contribution in [3.63, 3.8) is 0 Å². The van der Waals surface area contributed by atoms with Gasteiger partial charge in [0, 0.05) is 12.0 Å². The number of nitrogens with one attached hydrogen (secondary N) is 2. The first-order valence-corrected chi connectivity index (χ1v) is 12.6. The Morgan fingerprint density at radius 3 is 2.28 bits per heavy atom. The molecule has 0 aliphatic heterocycles. The molecule has 2 amide bonds. The minimum absolute atomic E-state index is 0.120. The summed E-state index contributed by atoms with van der Waals surface area (Å²) in [6, 6.07) is 13.1. The van der Waals surface area contributed by atoms with Crippen molar-refractivity contribution >= 4 is 33.6 Å². The molecule has 2 N–H and O–H groups in total. The lowest BCUT2D eigenvalue weighted by molar-refractivity contribution is -0.119. The second-order valence-corrected chi connectivity index (χ2v) is 9.25. The van der Waals surface area contributed by atoms with Crippen molar-refractivity contribution < 1.29 is 18.0 Å². The molecule has 0 aromatic heterocycles. The molecule has 32 heavy (non-hydrogen) atoms. The van der Waals surface area contributed by atoms with Crippen molar-refractivity contribution in [2.45, 2.75) is 63.7 Å². The van der Waals surface area contributed by atoms with Crippen molar-refractivity contribution in [3.8, 4) is 0 Å². The van der Waals surface area contributed by atoms with Gasteiger partial charge in [-0.15, -0.1) is 0 Å². The molecular formula is C25H32N2O4S. The van der Waals surface area contributed by atoms with Crippen LogP contribution in [0.2, 0.25) is 0 Å². The maximum atomic E-state index is 12.7. The smallest absolute Gasteiger partial charge is 0.266 e. The zero-order chi connectivity index (χ0) is 23.4. The number of sulfonamides is 1. The molecule has 2 rings (SSSR count). The Balaban J connectivity index is 2.09. The highest BCUT2D eigenvalue weighted by molar-refractivity contribution is 7.90. The van der Waals surface area contributed by atoms with Crippen molar-refractivity contribution in [1.82, 2.24) is 4.72 Å². The number of hydrogen-bond donors (Lipinski definition) is 2. The molecule has 0 saturated heterocycles. The number of para-hydroxylation sites is 1. The molecule has 0 fully saturated rings. The van der Waals surface area contributed by atoms with Crippen LogP contribution >= 0.6 is 0 Å². The molecule has 0 aliphatic rings. The minimum atomic E-state index is -4.10. The molecule has 6 nitrogen and oxygen atoms in total. The van der Waals surface area contributed by atoms with Gasteiger partial charge in [-0.25, -0.2) is 13.1 Å². The van der Waals surface area contributed by atoms with E-state index in [1.54, 1.807) is 24.3 Å². The predicted octanol–water partition coefficient (Wildman–Crippen LogP) is 5.53. The number of carbonyl (C=O) groups is 2. The van der Waals surface area contributed by atoms with E-state index in [0.717, 1.165) is 37.7 Å². The Hall–Kier alpha value is -2.93. The van der Waals surface area contributed by atoms with Gasteiger partial charge in [0.15, 0.2) is 0 Å². The summed E-state index contributed by atoms with van der Waals surface area (Å²) in [5.41, 5.74) is 1.52. The van der Waals surface area contributed by atoms with Gasteiger partial charge in [-0.1, -0.05) is 75.9 Å². The van der Waals surface area contributed by atoms with Crippen molar-refractivity contribution in [2.75, 3.05) is 5.32 Å². The summed E-state index contributed by atoms with van der Waals surface area (Å²) in [6.45, 7) is 4.15. The Bertz CT molecular complexity index is 1030. The summed E-state index contributed by atoms with van der Waals surface area (Å²) in [4.78, 5) is 24.6. The molecule has 0 saturated carbocycles. The van der Waals surface area contributed by atoms with Crippen LogP contribution in [0.1, 0.15) is 74.7 Å². The number of rotatable bonds is 12. The highest BCUT2D eigenvalue weighted by atomic mass is 32.2. The van der Waals surface area contributed by atoms with Gasteiger partial charge in [0.2, 0.25) is 5.91 Å². The van der Waals surface area contributed by atoms with Crippen LogP contribution in [0, 0.1) is 0 Å². The van der Waals surface area contributed by atoms with Crippen molar-refractivity contribution in [3.05, 3.63) is 65.7 Å². The molecule has 2 aromatic rings. The second-order valence-electron chi connectivity index (χ2n) is 7.60. The van der Waals surface area contributed by atoms with Crippen LogP contribution in [0.25, 0.3) is 6.08 Å². The number of allylic oxidation sites excluding steroid dienone is 1. The number of amides is 2. The predicted molar refractivity (Wildman–Crippen MR) is 129 cm³/mol. The maximum Gasteiger partial charge on any atom is 0.266 e. The molecule has 0 atom stereocenters. The third-order valence-electron chi connectivity index (χ3n) is 4.89. The highest BCUT2D eigenvalue weighted by Gasteiger charge is 2.22. The molecule has 0 bridgehead atoms. The first kappa shape index (κ1) is 25.3. The summed E-state index contributed by atoms with van der Waals surface area (Å²) in [6.07, 6.45) is 9.97. The van der Waals surface area contributed by atoms with E-state index in [1.165, 1.54) is 12.1 Å². The third-order valence-corrected chi connectivity index (χ3v) is 6.32. The van der Waals surface area contributed by atoms with E-state index in [9.17, 15) is 18.0 Å². The lowest BCUT2D eigenvalue weighted by Crippen LogP contribution is -2.31. The quantitative estimate of drug-likeness (QED) is 0.411. The summed E-state index contributed by atoms with van der Waals surface area (Å²) in [5.74, 6) is -0.981. The van der Waals surface area contributed by atoms with E-state index in [1.807, 2.05) is 25.1 Å². The van der Waals surface area contributed by atoms with Gasteiger partial charge >= 0.3 is 0 Å². The van der Waals surface area contributed by atoms with E-state index < -0.39 is 21.8 Å². The van der Waals surface area contributed by atoms with Crippen molar-refractivity contribution in [2.24, 2.45) is 0 Å². The molecule has 0 heterocycles. The Kier molecular flexibility index (Phi) is 10.1. The lowest BCUT2D eigenvalue weighted by Gasteiger charge is -2.13. The fourth-order valence-corrected chi connectivity index (χ4v) is 4.26. The minimum Gasteiger partial charge on any atom is -0.321 e. The zero-order valence-corrected chi connectivity index (χ0v) is 19.6. The summed E-state index contributed by atoms with van der Waals surface area (Å²) in [7, 11) is -4.10. The van der Waals surface area contributed by atoms with Crippen molar-refractivity contribution in [1.29, 1.82) is 0 Å². The molecule has 172 valence electrons. The Morgan fingerprint density at radius 2 is 1.59 bits per heavy atom. The third kappa shape index (κ3) is 7.96. The average Bonchev–Trinajstić information content (AvgIpc) is 2.77. The van der Waals surface area contributed by atoms with E-state index in [4.69, 9.17) is 0 Å². The van der Waals surface area contributed by atoms with Gasteiger partial charge in [-0.3, -0.25) is 9.59 Å². The molecule has 0 radical (unpaired) electrons. The van der Waals surface area contributed by atoms with E-state index >= 15 is 0 Å². The first-order valence-electron chi connectivity index (χ1n) is 11.1. The Labute approximate surface area is 191 Å². The maximum absolute atomic E-state index is 12.7. The van der Waals surface area contributed by atoms with Crippen LogP contribution < -0.4 is 10.0 Å². The first-order chi connectivity index (χ1) is 15.4. The molecule has 0 aliphatic carbocycles. The lowest BCUT2D eigenvalue weighted by atomic mass is 10.1. The largest absolute Gasteiger partial charge is 0.321 e. The number of hydrogen-bond acceptors (Lipinski definition) is 4. The molecule has 7 heteroatoms. The standard InChI is InChI=1S/C25H32N2O4S/c1-3-5-7-9-12-20-16-18-21(19-17-20)25(29)26-22-13-10-11-14-23(22)32(30,31)27-24(28)15-8-6-4-2/h9-14,16-19H,3-8,15H2,1-2H3,(H,26,29)(H,27,28)/b12-9+. The van der Waals surface area contributed by atoms with Crippen LogP contribution in [-0.4, -0.2) is 20.2 Å². The number of benzene rings is 2.